The minimum Gasteiger partial charge on any atom is -0.450 e. The normalized spacial score (nSPS) is 13.4. The fourth-order valence-corrected chi connectivity index (χ4v) is 4.69. The Hall–Kier alpha value is -3.18. The van der Waals surface area contributed by atoms with Crippen LogP contribution < -0.4 is 5.32 Å². The second kappa shape index (κ2) is 13.4. The maximum atomic E-state index is 13.0. The number of amides is 4. The van der Waals surface area contributed by atoms with Crippen LogP contribution in [0.15, 0.2) is 29.6 Å². The van der Waals surface area contributed by atoms with Gasteiger partial charge in [0, 0.05) is 48.7 Å². The van der Waals surface area contributed by atoms with E-state index < -0.39 is 0 Å². The van der Waals surface area contributed by atoms with Gasteiger partial charge in [-0.2, -0.15) is 0 Å². The first-order valence-electron chi connectivity index (χ1n) is 12.1. The van der Waals surface area contributed by atoms with E-state index in [0.29, 0.717) is 60.7 Å². The maximum Gasteiger partial charge on any atom is 0.409 e. The molecular formula is C25H32ClN5O5S. The molecule has 0 radical (unpaired) electrons. The molecule has 2 heterocycles. The summed E-state index contributed by atoms with van der Waals surface area (Å²) in [6, 6.07) is 6.55. The number of carbonyl (C=O) groups excluding carboxylic acids is 4. The van der Waals surface area contributed by atoms with E-state index in [-0.39, 0.29) is 42.7 Å². The van der Waals surface area contributed by atoms with E-state index >= 15 is 0 Å². The van der Waals surface area contributed by atoms with Crippen molar-refractivity contribution in [3.63, 3.8) is 0 Å². The van der Waals surface area contributed by atoms with Crippen molar-refractivity contribution in [1.82, 2.24) is 19.7 Å². The standard InChI is InChI=1S/C25H32ClN5O5S/c1-4-36-25(35)30-11-9-29(10-12-30)22(33)13-20-16-37-24(27-20)28-21(32)15-31(14-17(2)3)23(34)18-5-7-19(26)8-6-18/h5-8,16-17H,4,9-15H2,1-3H3,(H,27,28,32). The van der Waals surface area contributed by atoms with Gasteiger partial charge in [-0.25, -0.2) is 9.78 Å². The van der Waals surface area contributed by atoms with Crippen molar-refractivity contribution in [3.05, 3.63) is 45.9 Å². The van der Waals surface area contributed by atoms with Crippen LogP contribution in [0.4, 0.5) is 9.93 Å². The molecule has 4 amide bonds. The van der Waals surface area contributed by atoms with Crippen LogP contribution in [-0.4, -0.2) is 89.4 Å². The van der Waals surface area contributed by atoms with Crippen molar-refractivity contribution in [1.29, 1.82) is 0 Å². The lowest BCUT2D eigenvalue weighted by atomic mass is 10.1. The summed E-state index contributed by atoms with van der Waals surface area (Å²) >= 11 is 7.15. The number of hydrogen-bond donors (Lipinski definition) is 1. The number of piperazine rings is 1. The predicted octanol–water partition coefficient (Wildman–Crippen LogP) is 3.38. The summed E-state index contributed by atoms with van der Waals surface area (Å²) in [5, 5.41) is 5.36. The Morgan fingerprint density at radius 2 is 1.76 bits per heavy atom. The predicted molar refractivity (Wildman–Crippen MR) is 142 cm³/mol. The van der Waals surface area contributed by atoms with Crippen LogP contribution in [-0.2, 0) is 20.7 Å². The molecule has 0 unspecified atom stereocenters. The third kappa shape index (κ3) is 8.43. The summed E-state index contributed by atoms with van der Waals surface area (Å²) in [4.78, 5) is 59.4. The van der Waals surface area contributed by atoms with Crippen LogP contribution in [0.25, 0.3) is 0 Å². The average molecular weight is 550 g/mol. The van der Waals surface area contributed by atoms with Gasteiger partial charge in [-0.15, -0.1) is 11.3 Å². The van der Waals surface area contributed by atoms with Gasteiger partial charge in [-0.3, -0.25) is 14.4 Å². The molecule has 37 heavy (non-hydrogen) atoms. The highest BCUT2D eigenvalue weighted by atomic mass is 35.5. The number of aromatic nitrogens is 1. The zero-order chi connectivity index (χ0) is 26.9. The number of thiazole rings is 1. The molecule has 1 aliphatic heterocycles. The van der Waals surface area contributed by atoms with Crippen molar-refractivity contribution in [2.24, 2.45) is 5.92 Å². The van der Waals surface area contributed by atoms with E-state index in [9.17, 15) is 19.2 Å². The lowest BCUT2D eigenvalue weighted by molar-refractivity contribution is -0.132. The third-order valence-electron chi connectivity index (χ3n) is 5.59. The van der Waals surface area contributed by atoms with Crippen LogP contribution in [0.2, 0.25) is 5.02 Å². The van der Waals surface area contributed by atoms with Crippen molar-refractivity contribution in [2.45, 2.75) is 27.2 Å². The molecule has 0 bridgehead atoms. The van der Waals surface area contributed by atoms with Crippen molar-refractivity contribution < 1.29 is 23.9 Å². The highest BCUT2D eigenvalue weighted by molar-refractivity contribution is 7.13. The zero-order valence-electron chi connectivity index (χ0n) is 21.2. The number of halogens is 1. The smallest absolute Gasteiger partial charge is 0.409 e. The van der Waals surface area contributed by atoms with Crippen LogP contribution >= 0.6 is 22.9 Å². The first-order valence-corrected chi connectivity index (χ1v) is 13.4. The molecule has 1 saturated heterocycles. The van der Waals surface area contributed by atoms with Gasteiger partial charge in [0.2, 0.25) is 11.8 Å². The van der Waals surface area contributed by atoms with Gasteiger partial charge in [0.1, 0.15) is 6.54 Å². The fraction of sp³-hybridized carbons (Fsp3) is 0.480. The summed E-state index contributed by atoms with van der Waals surface area (Å²) in [5.41, 5.74) is 1.00. The molecule has 1 N–H and O–H groups in total. The minimum atomic E-state index is -0.370. The largest absolute Gasteiger partial charge is 0.450 e. The third-order valence-corrected chi connectivity index (χ3v) is 6.65. The van der Waals surface area contributed by atoms with Crippen LogP contribution in [0.5, 0.6) is 0 Å². The lowest BCUT2D eigenvalue weighted by Crippen LogP contribution is -2.51. The van der Waals surface area contributed by atoms with Crippen LogP contribution in [0.3, 0.4) is 0 Å². The molecule has 0 spiro atoms. The monoisotopic (exact) mass is 549 g/mol. The van der Waals surface area contributed by atoms with E-state index in [1.807, 2.05) is 13.8 Å². The molecule has 0 saturated carbocycles. The zero-order valence-corrected chi connectivity index (χ0v) is 22.8. The van der Waals surface area contributed by atoms with Crippen LogP contribution in [0, 0.1) is 5.92 Å². The maximum absolute atomic E-state index is 13.0. The number of ether oxygens (including phenoxy) is 1. The Kier molecular flexibility index (Phi) is 10.3. The highest BCUT2D eigenvalue weighted by Crippen LogP contribution is 2.18. The molecule has 1 fully saturated rings. The summed E-state index contributed by atoms with van der Waals surface area (Å²) in [5.74, 6) is -0.552. The second-order valence-electron chi connectivity index (χ2n) is 9.02. The second-order valence-corrected chi connectivity index (χ2v) is 10.3. The molecule has 0 aliphatic carbocycles. The van der Waals surface area contributed by atoms with Gasteiger partial charge in [-0.05, 0) is 37.1 Å². The van der Waals surface area contributed by atoms with Crippen molar-refractivity contribution in [2.75, 3.05) is 51.2 Å². The van der Waals surface area contributed by atoms with E-state index in [0.717, 1.165) is 0 Å². The molecule has 12 heteroatoms. The lowest BCUT2D eigenvalue weighted by Gasteiger charge is -2.34. The van der Waals surface area contributed by atoms with Crippen molar-refractivity contribution in [3.8, 4) is 0 Å². The molecule has 10 nitrogen and oxygen atoms in total. The first kappa shape index (κ1) is 28.4. The molecular weight excluding hydrogens is 518 g/mol. The van der Waals surface area contributed by atoms with Gasteiger partial charge in [-0.1, -0.05) is 25.4 Å². The molecule has 200 valence electrons. The van der Waals surface area contributed by atoms with E-state index in [1.165, 1.54) is 16.2 Å². The topological polar surface area (TPSA) is 112 Å². The summed E-state index contributed by atoms with van der Waals surface area (Å²) in [6.07, 6.45) is -0.267. The Morgan fingerprint density at radius 1 is 1.11 bits per heavy atom. The number of rotatable bonds is 9. The summed E-state index contributed by atoms with van der Waals surface area (Å²) in [6.45, 7) is 8.00. The quantitative estimate of drug-likeness (QED) is 0.513. The highest BCUT2D eigenvalue weighted by Gasteiger charge is 2.25. The average Bonchev–Trinajstić information content (AvgIpc) is 3.29. The van der Waals surface area contributed by atoms with Gasteiger partial charge < -0.3 is 24.8 Å². The molecule has 1 aromatic heterocycles. The Morgan fingerprint density at radius 3 is 2.38 bits per heavy atom. The number of carbonyl (C=O) groups is 4. The Balaban J connectivity index is 1.52. The number of benzene rings is 1. The van der Waals surface area contributed by atoms with E-state index in [2.05, 4.69) is 10.3 Å². The minimum absolute atomic E-state index is 0.0941. The van der Waals surface area contributed by atoms with Gasteiger partial charge >= 0.3 is 6.09 Å². The number of anilines is 1. The van der Waals surface area contributed by atoms with Gasteiger partial charge in [0.25, 0.3) is 5.91 Å². The molecule has 3 rings (SSSR count). The van der Waals surface area contributed by atoms with E-state index in [1.54, 1.807) is 46.4 Å². The van der Waals surface area contributed by atoms with Crippen LogP contribution in [0.1, 0.15) is 36.8 Å². The SMILES string of the molecule is CCOC(=O)N1CCN(C(=O)Cc2csc(NC(=O)CN(CC(C)C)C(=O)c3ccc(Cl)cc3)n2)CC1. The summed E-state index contributed by atoms with van der Waals surface area (Å²) < 4.78 is 5.00. The Labute approximate surface area is 225 Å². The van der Waals surface area contributed by atoms with Gasteiger partial charge in [0.15, 0.2) is 5.13 Å². The van der Waals surface area contributed by atoms with Gasteiger partial charge in [0.05, 0.1) is 18.7 Å². The fourth-order valence-electron chi connectivity index (χ4n) is 3.83. The number of nitrogens with zero attached hydrogens (tertiary/aromatic N) is 4. The molecule has 2 aromatic rings. The first-order chi connectivity index (χ1) is 17.7. The molecule has 1 aromatic carbocycles. The Bertz CT molecular complexity index is 1100. The number of nitrogens with one attached hydrogen (secondary N) is 1. The molecule has 0 atom stereocenters. The summed E-state index contributed by atoms with van der Waals surface area (Å²) in [7, 11) is 0. The number of hydrogen-bond acceptors (Lipinski definition) is 7. The van der Waals surface area contributed by atoms with Crippen molar-refractivity contribution >= 4 is 51.9 Å². The molecule has 1 aliphatic rings. The van der Waals surface area contributed by atoms with E-state index in [4.69, 9.17) is 16.3 Å².